The molecular weight excluding hydrogens is 264 g/mol. The standard InChI is InChI=1S/C16H22N4O/c1-3-17-13(2)11-16(21)18-12-14-7-4-5-8-15(14)20-10-6-9-19-20/h4-10,13,17H,3,11-12H2,1-2H3,(H,18,21). The predicted molar refractivity (Wildman–Crippen MR) is 83.2 cm³/mol. The Hall–Kier alpha value is -2.14. The van der Waals surface area contributed by atoms with Gasteiger partial charge < -0.3 is 10.6 Å². The van der Waals surface area contributed by atoms with Crippen molar-refractivity contribution in [1.82, 2.24) is 20.4 Å². The topological polar surface area (TPSA) is 59.0 Å². The highest BCUT2D eigenvalue weighted by Crippen LogP contribution is 2.13. The van der Waals surface area contributed by atoms with E-state index < -0.39 is 0 Å². The number of aromatic nitrogens is 2. The number of rotatable bonds is 7. The fourth-order valence-corrected chi connectivity index (χ4v) is 2.26. The van der Waals surface area contributed by atoms with Crippen molar-refractivity contribution in [2.75, 3.05) is 6.54 Å². The van der Waals surface area contributed by atoms with Crippen LogP contribution in [0.4, 0.5) is 0 Å². The number of amides is 1. The first-order chi connectivity index (χ1) is 10.2. The van der Waals surface area contributed by atoms with E-state index in [1.165, 1.54) is 0 Å². The molecule has 5 heteroatoms. The third-order valence-electron chi connectivity index (χ3n) is 3.26. The second kappa shape index (κ2) is 7.59. The maximum absolute atomic E-state index is 11.9. The first-order valence-electron chi connectivity index (χ1n) is 7.28. The summed E-state index contributed by atoms with van der Waals surface area (Å²) in [6.07, 6.45) is 4.12. The van der Waals surface area contributed by atoms with Crippen LogP contribution in [-0.4, -0.2) is 28.3 Å². The van der Waals surface area contributed by atoms with Crippen molar-refractivity contribution in [1.29, 1.82) is 0 Å². The molecule has 1 aromatic carbocycles. The SMILES string of the molecule is CCNC(C)CC(=O)NCc1ccccc1-n1cccn1. The Balaban J connectivity index is 1.96. The molecule has 1 heterocycles. The Morgan fingerprint density at radius 2 is 2.14 bits per heavy atom. The molecule has 0 radical (unpaired) electrons. The molecule has 0 saturated carbocycles. The molecule has 0 aliphatic carbocycles. The molecule has 0 fully saturated rings. The number of nitrogens with zero attached hydrogens (tertiary/aromatic N) is 2. The van der Waals surface area contributed by atoms with E-state index in [2.05, 4.69) is 15.7 Å². The van der Waals surface area contributed by atoms with Crippen LogP contribution in [0.15, 0.2) is 42.7 Å². The monoisotopic (exact) mass is 286 g/mol. The third-order valence-corrected chi connectivity index (χ3v) is 3.26. The van der Waals surface area contributed by atoms with Crippen molar-refractivity contribution < 1.29 is 4.79 Å². The highest BCUT2D eigenvalue weighted by atomic mass is 16.1. The lowest BCUT2D eigenvalue weighted by Gasteiger charge is -2.13. The molecule has 2 rings (SSSR count). The minimum atomic E-state index is 0.0544. The lowest BCUT2D eigenvalue weighted by Crippen LogP contribution is -2.33. The van der Waals surface area contributed by atoms with E-state index in [9.17, 15) is 4.79 Å². The van der Waals surface area contributed by atoms with Gasteiger partial charge in [-0.25, -0.2) is 4.68 Å². The lowest BCUT2D eigenvalue weighted by atomic mass is 10.1. The second-order valence-electron chi connectivity index (χ2n) is 5.02. The van der Waals surface area contributed by atoms with Crippen molar-refractivity contribution in [3.63, 3.8) is 0 Å². The van der Waals surface area contributed by atoms with Crippen molar-refractivity contribution >= 4 is 5.91 Å². The Bertz CT molecular complexity index is 565. The van der Waals surface area contributed by atoms with Gasteiger partial charge in [0.2, 0.25) is 5.91 Å². The number of para-hydroxylation sites is 1. The zero-order valence-electron chi connectivity index (χ0n) is 12.5. The van der Waals surface area contributed by atoms with E-state index >= 15 is 0 Å². The van der Waals surface area contributed by atoms with Crippen molar-refractivity contribution in [2.45, 2.75) is 32.9 Å². The van der Waals surface area contributed by atoms with Gasteiger partial charge in [-0.3, -0.25) is 4.79 Å². The summed E-state index contributed by atoms with van der Waals surface area (Å²) >= 11 is 0. The first kappa shape index (κ1) is 15.3. The summed E-state index contributed by atoms with van der Waals surface area (Å²) < 4.78 is 1.81. The van der Waals surface area contributed by atoms with Crippen LogP contribution in [0.25, 0.3) is 5.69 Å². The first-order valence-corrected chi connectivity index (χ1v) is 7.28. The second-order valence-corrected chi connectivity index (χ2v) is 5.02. The quantitative estimate of drug-likeness (QED) is 0.817. The average molecular weight is 286 g/mol. The summed E-state index contributed by atoms with van der Waals surface area (Å²) in [5.74, 6) is 0.0544. The zero-order chi connectivity index (χ0) is 15.1. The molecule has 112 valence electrons. The molecule has 1 atom stereocenters. The normalized spacial score (nSPS) is 12.1. The molecule has 2 N–H and O–H groups in total. The Kier molecular flexibility index (Phi) is 5.51. The number of benzene rings is 1. The molecule has 21 heavy (non-hydrogen) atoms. The van der Waals surface area contributed by atoms with E-state index in [0.717, 1.165) is 17.8 Å². The molecule has 1 amide bonds. The molecule has 0 aliphatic heterocycles. The fraction of sp³-hybridized carbons (Fsp3) is 0.375. The van der Waals surface area contributed by atoms with Crippen molar-refractivity contribution in [3.05, 3.63) is 48.3 Å². The average Bonchev–Trinajstić information content (AvgIpc) is 2.99. The van der Waals surface area contributed by atoms with Crippen LogP contribution in [0.2, 0.25) is 0 Å². The highest BCUT2D eigenvalue weighted by Gasteiger charge is 2.09. The largest absolute Gasteiger partial charge is 0.352 e. The number of hydrogen-bond donors (Lipinski definition) is 2. The highest BCUT2D eigenvalue weighted by molar-refractivity contribution is 5.76. The van der Waals surface area contributed by atoms with Gasteiger partial charge in [0.25, 0.3) is 0 Å². The summed E-state index contributed by atoms with van der Waals surface area (Å²) in [6, 6.07) is 10.0. The van der Waals surface area contributed by atoms with Gasteiger partial charge in [0.15, 0.2) is 0 Å². The van der Waals surface area contributed by atoms with Gasteiger partial charge in [-0.15, -0.1) is 0 Å². The molecule has 1 unspecified atom stereocenters. The van der Waals surface area contributed by atoms with Gasteiger partial charge in [0.05, 0.1) is 5.69 Å². The van der Waals surface area contributed by atoms with Crippen LogP contribution in [0.3, 0.4) is 0 Å². The molecule has 0 spiro atoms. The van der Waals surface area contributed by atoms with Crippen LogP contribution in [-0.2, 0) is 11.3 Å². The minimum absolute atomic E-state index is 0.0544. The van der Waals surface area contributed by atoms with E-state index in [0.29, 0.717) is 13.0 Å². The van der Waals surface area contributed by atoms with E-state index in [1.54, 1.807) is 6.20 Å². The molecule has 1 aromatic heterocycles. The minimum Gasteiger partial charge on any atom is -0.352 e. The Morgan fingerprint density at radius 1 is 1.33 bits per heavy atom. The van der Waals surface area contributed by atoms with E-state index in [4.69, 9.17) is 0 Å². The van der Waals surface area contributed by atoms with Crippen molar-refractivity contribution in [2.24, 2.45) is 0 Å². The fourth-order valence-electron chi connectivity index (χ4n) is 2.26. The Morgan fingerprint density at radius 3 is 2.86 bits per heavy atom. The van der Waals surface area contributed by atoms with Crippen LogP contribution in [0.5, 0.6) is 0 Å². The third kappa shape index (κ3) is 4.43. The van der Waals surface area contributed by atoms with Gasteiger partial charge >= 0.3 is 0 Å². The predicted octanol–water partition coefficient (Wildman–Crippen LogP) is 1.88. The molecule has 0 bridgehead atoms. The van der Waals surface area contributed by atoms with Crippen LogP contribution in [0.1, 0.15) is 25.8 Å². The van der Waals surface area contributed by atoms with E-state index in [-0.39, 0.29) is 11.9 Å². The number of hydrogen-bond acceptors (Lipinski definition) is 3. The molecule has 0 saturated heterocycles. The lowest BCUT2D eigenvalue weighted by molar-refractivity contribution is -0.121. The molecule has 2 aromatic rings. The summed E-state index contributed by atoms with van der Waals surface area (Å²) in [7, 11) is 0. The number of nitrogens with one attached hydrogen (secondary N) is 2. The van der Waals surface area contributed by atoms with Crippen LogP contribution < -0.4 is 10.6 Å². The molecular formula is C16H22N4O. The summed E-state index contributed by atoms with van der Waals surface area (Å²) in [4.78, 5) is 11.9. The maximum Gasteiger partial charge on any atom is 0.221 e. The van der Waals surface area contributed by atoms with Crippen LogP contribution >= 0.6 is 0 Å². The van der Waals surface area contributed by atoms with E-state index in [1.807, 2.05) is 55.1 Å². The smallest absolute Gasteiger partial charge is 0.221 e. The summed E-state index contributed by atoms with van der Waals surface area (Å²) in [5, 5.41) is 10.4. The zero-order valence-corrected chi connectivity index (χ0v) is 12.5. The Labute approximate surface area is 125 Å². The van der Waals surface area contributed by atoms with Gasteiger partial charge in [-0.05, 0) is 31.2 Å². The van der Waals surface area contributed by atoms with Gasteiger partial charge in [0.1, 0.15) is 0 Å². The van der Waals surface area contributed by atoms with Crippen molar-refractivity contribution in [3.8, 4) is 5.69 Å². The van der Waals surface area contributed by atoms with Crippen LogP contribution in [0, 0.1) is 0 Å². The number of carbonyl (C=O) groups is 1. The molecule has 0 aliphatic rings. The van der Waals surface area contributed by atoms with Gasteiger partial charge in [0, 0.05) is 31.4 Å². The molecule has 5 nitrogen and oxygen atoms in total. The summed E-state index contributed by atoms with van der Waals surface area (Å²) in [5.41, 5.74) is 2.04. The number of carbonyl (C=O) groups excluding carboxylic acids is 1. The summed E-state index contributed by atoms with van der Waals surface area (Å²) in [6.45, 7) is 5.43. The van der Waals surface area contributed by atoms with Gasteiger partial charge in [-0.2, -0.15) is 5.10 Å². The van der Waals surface area contributed by atoms with Gasteiger partial charge in [-0.1, -0.05) is 25.1 Å². The maximum atomic E-state index is 11.9.